The van der Waals surface area contributed by atoms with Crippen molar-refractivity contribution in [3.63, 3.8) is 0 Å². The number of nitrogens with zero attached hydrogens (tertiary/aromatic N) is 5. The lowest BCUT2D eigenvalue weighted by Gasteiger charge is -2.03. The van der Waals surface area contributed by atoms with Crippen LogP contribution in [0.5, 0.6) is 0 Å². The van der Waals surface area contributed by atoms with Crippen LogP contribution in [0.3, 0.4) is 0 Å². The van der Waals surface area contributed by atoms with Crippen LogP contribution in [-0.4, -0.2) is 25.2 Å². The number of rotatable bonds is 2. The lowest BCUT2D eigenvalue weighted by atomic mass is 10.3. The first-order chi connectivity index (χ1) is 7.16. The Morgan fingerprint density at radius 2 is 2.27 bits per heavy atom. The summed E-state index contributed by atoms with van der Waals surface area (Å²) in [7, 11) is 1.79. The van der Waals surface area contributed by atoms with Crippen LogP contribution in [0.15, 0.2) is 22.4 Å². The van der Waals surface area contributed by atoms with Crippen molar-refractivity contribution in [2.24, 2.45) is 7.05 Å². The van der Waals surface area contributed by atoms with Crippen molar-refractivity contribution >= 4 is 17.4 Å². The van der Waals surface area contributed by atoms with Crippen LogP contribution in [0.1, 0.15) is 5.56 Å². The van der Waals surface area contributed by atoms with Gasteiger partial charge in [-0.2, -0.15) is 0 Å². The Morgan fingerprint density at radius 3 is 2.87 bits per heavy atom. The predicted molar refractivity (Wildman–Crippen MR) is 56.3 cm³/mol. The van der Waals surface area contributed by atoms with Crippen LogP contribution in [-0.2, 0) is 7.05 Å². The van der Waals surface area contributed by atoms with E-state index in [0.717, 1.165) is 10.6 Å². The molecule has 2 aromatic rings. The van der Waals surface area contributed by atoms with Crippen LogP contribution in [0, 0.1) is 6.92 Å². The van der Waals surface area contributed by atoms with Crippen molar-refractivity contribution in [2.45, 2.75) is 17.1 Å². The van der Waals surface area contributed by atoms with E-state index in [2.05, 4.69) is 20.5 Å². The average molecular weight is 222 g/mol. The van der Waals surface area contributed by atoms with Crippen LogP contribution in [0.25, 0.3) is 0 Å². The van der Waals surface area contributed by atoms with Crippen LogP contribution >= 0.6 is 11.8 Å². The van der Waals surface area contributed by atoms with E-state index in [1.165, 1.54) is 11.8 Å². The summed E-state index contributed by atoms with van der Waals surface area (Å²) in [4.78, 5) is 4.22. The highest BCUT2D eigenvalue weighted by molar-refractivity contribution is 7.99. The summed E-state index contributed by atoms with van der Waals surface area (Å²) in [6.45, 7) is 1.95. The smallest absolute Gasteiger partial charge is 0.215 e. The molecule has 0 aliphatic carbocycles. The monoisotopic (exact) mass is 222 g/mol. The van der Waals surface area contributed by atoms with E-state index in [-0.39, 0.29) is 0 Å². The zero-order chi connectivity index (χ0) is 10.8. The molecule has 0 amide bonds. The van der Waals surface area contributed by atoms with E-state index in [1.54, 1.807) is 17.9 Å². The molecule has 0 aromatic carbocycles. The summed E-state index contributed by atoms with van der Waals surface area (Å²) in [5, 5.41) is 12.7. The molecule has 0 unspecified atom stereocenters. The Morgan fingerprint density at radius 1 is 1.47 bits per heavy atom. The van der Waals surface area contributed by atoms with Gasteiger partial charge in [-0.3, -0.25) is 0 Å². The number of hydrogen-bond donors (Lipinski definition) is 1. The molecule has 0 radical (unpaired) electrons. The second-order valence-corrected chi connectivity index (χ2v) is 4.03. The van der Waals surface area contributed by atoms with Crippen molar-refractivity contribution in [2.75, 3.05) is 5.73 Å². The van der Waals surface area contributed by atoms with Gasteiger partial charge in [0, 0.05) is 7.05 Å². The maximum Gasteiger partial charge on any atom is 0.215 e. The molecule has 0 saturated heterocycles. The maximum absolute atomic E-state index is 5.61. The molecule has 78 valence electrons. The molecule has 2 N–H and O–H groups in total. The van der Waals surface area contributed by atoms with Crippen molar-refractivity contribution in [3.8, 4) is 0 Å². The van der Waals surface area contributed by atoms with Crippen LogP contribution in [0.2, 0.25) is 0 Å². The zero-order valence-electron chi connectivity index (χ0n) is 8.38. The third-order valence-electron chi connectivity index (χ3n) is 1.82. The van der Waals surface area contributed by atoms with Gasteiger partial charge >= 0.3 is 0 Å². The van der Waals surface area contributed by atoms with Crippen molar-refractivity contribution < 1.29 is 0 Å². The van der Waals surface area contributed by atoms with Gasteiger partial charge in [-0.05, 0) is 40.7 Å². The van der Waals surface area contributed by atoms with E-state index >= 15 is 0 Å². The number of aryl methyl sites for hydroxylation is 2. The first kappa shape index (κ1) is 9.91. The fraction of sp³-hybridized carbons (Fsp3) is 0.250. The minimum Gasteiger partial charge on any atom is -0.397 e. The minimum atomic E-state index is 0.660. The molecular weight excluding hydrogens is 212 g/mol. The van der Waals surface area contributed by atoms with Crippen molar-refractivity contribution in [3.05, 3.63) is 17.8 Å². The minimum absolute atomic E-state index is 0.660. The lowest BCUT2D eigenvalue weighted by Crippen LogP contribution is -1.95. The first-order valence-corrected chi connectivity index (χ1v) is 5.11. The molecule has 0 fully saturated rings. The van der Waals surface area contributed by atoms with Gasteiger partial charge < -0.3 is 5.73 Å². The van der Waals surface area contributed by atoms with Gasteiger partial charge in [0.15, 0.2) is 0 Å². The number of nitrogens with two attached hydrogens (primary N) is 1. The molecule has 0 spiro atoms. The summed E-state index contributed by atoms with van der Waals surface area (Å²) in [6, 6.07) is 1.87. The predicted octanol–water partition coefficient (Wildman–Crippen LogP) is 0.647. The summed E-state index contributed by atoms with van der Waals surface area (Å²) in [6.07, 6.45) is 1.62. The Balaban J connectivity index is 2.29. The molecule has 0 atom stereocenters. The molecule has 6 nitrogen and oxygen atoms in total. The standard InChI is InChI=1S/C8H10N6S/c1-5-3-6(9)4-10-7(5)15-8-11-12-13-14(8)2/h3-4H,9H2,1-2H3. The van der Waals surface area contributed by atoms with Crippen LogP contribution < -0.4 is 5.73 Å². The summed E-state index contributed by atoms with van der Waals surface area (Å²) < 4.78 is 1.60. The van der Waals surface area contributed by atoms with Gasteiger partial charge in [0.1, 0.15) is 5.03 Å². The molecule has 0 saturated carbocycles. The van der Waals surface area contributed by atoms with Gasteiger partial charge in [-0.15, -0.1) is 5.10 Å². The Hall–Kier alpha value is -1.63. The second kappa shape index (κ2) is 3.85. The maximum atomic E-state index is 5.61. The molecule has 2 heterocycles. The van der Waals surface area contributed by atoms with E-state index in [0.29, 0.717) is 10.8 Å². The molecule has 0 aliphatic heterocycles. The molecule has 0 aliphatic rings. The number of aromatic nitrogens is 5. The summed E-state index contributed by atoms with van der Waals surface area (Å²) in [5.41, 5.74) is 7.29. The fourth-order valence-corrected chi connectivity index (χ4v) is 1.83. The number of pyridine rings is 1. The summed E-state index contributed by atoms with van der Waals surface area (Å²) in [5.74, 6) is 0. The van der Waals surface area contributed by atoms with E-state index in [1.807, 2.05) is 13.0 Å². The van der Waals surface area contributed by atoms with Gasteiger partial charge in [-0.1, -0.05) is 0 Å². The third-order valence-corrected chi connectivity index (χ3v) is 2.97. The molecular formula is C8H10N6S. The molecule has 7 heteroatoms. The number of tetrazole rings is 1. The van der Waals surface area contributed by atoms with Crippen molar-refractivity contribution in [1.29, 1.82) is 0 Å². The topological polar surface area (TPSA) is 82.5 Å². The molecule has 15 heavy (non-hydrogen) atoms. The van der Waals surface area contributed by atoms with E-state index < -0.39 is 0 Å². The normalized spacial score (nSPS) is 10.5. The number of anilines is 1. The highest BCUT2D eigenvalue weighted by Gasteiger charge is 2.08. The molecule has 2 aromatic heterocycles. The lowest BCUT2D eigenvalue weighted by molar-refractivity contribution is 0.664. The average Bonchev–Trinajstić information content (AvgIpc) is 2.57. The Bertz CT molecular complexity index is 480. The Labute approximate surface area is 90.9 Å². The SMILES string of the molecule is Cc1cc(N)cnc1Sc1nnnn1C. The van der Waals surface area contributed by atoms with Gasteiger partial charge in [-0.25, -0.2) is 9.67 Å². The highest BCUT2D eigenvalue weighted by Crippen LogP contribution is 2.26. The quantitative estimate of drug-likeness (QED) is 0.803. The fourth-order valence-electron chi connectivity index (χ4n) is 1.09. The van der Waals surface area contributed by atoms with Gasteiger partial charge in [0.2, 0.25) is 5.16 Å². The zero-order valence-corrected chi connectivity index (χ0v) is 9.19. The van der Waals surface area contributed by atoms with Crippen LogP contribution in [0.4, 0.5) is 5.69 Å². The third kappa shape index (κ3) is 2.07. The van der Waals surface area contributed by atoms with E-state index in [9.17, 15) is 0 Å². The number of nitrogen functional groups attached to an aromatic ring is 1. The second-order valence-electron chi connectivity index (χ2n) is 3.08. The van der Waals surface area contributed by atoms with E-state index in [4.69, 9.17) is 5.73 Å². The summed E-state index contributed by atoms with van der Waals surface area (Å²) >= 11 is 1.42. The van der Waals surface area contributed by atoms with Gasteiger partial charge in [0.05, 0.1) is 11.9 Å². The highest BCUT2D eigenvalue weighted by atomic mass is 32.2. The Kier molecular flexibility index (Phi) is 2.55. The largest absolute Gasteiger partial charge is 0.397 e. The van der Waals surface area contributed by atoms with Gasteiger partial charge in [0.25, 0.3) is 0 Å². The first-order valence-electron chi connectivity index (χ1n) is 4.29. The molecule has 2 rings (SSSR count). The number of hydrogen-bond acceptors (Lipinski definition) is 6. The molecule has 0 bridgehead atoms. The van der Waals surface area contributed by atoms with Crippen molar-refractivity contribution in [1.82, 2.24) is 25.2 Å².